The minimum atomic E-state index is -1.11. The molecule has 0 bridgehead atoms. The van der Waals surface area contributed by atoms with Gasteiger partial charge in [0.1, 0.15) is 5.82 Å². The number of benzene rings is 2. The highest BCUT2D eigenvalue weighted by molar-refractivity contribution is 8.02. The SMILES string of the molecule is O=C1CSC2(C(=O)N(C[NH+]3CCCC3)c3ccccc32)N1c1ccc(F)cc1. The second kappa shape index (κ2) is 6.60. The third kappa shape index (κ3) is 2.49. The maximum Gasteiger partial charge on any atom is 0.273 e. The van der Waals surface area contributed by atoms with E-state index in [4.69, 9.17) is 0 Å². The summed E-state index contributed by atoms with van der Waals surface area (Å²) in [5.74, 6) is -0.347. The van der Waals surface area contributed by atoms with Crippen LogP contribution < -0.4 is 14.7 Å². The molecule has 2 saturated heterocycles. The number of para-hydroxylation sites is 1. The Morgan fingerprint density at radius 1 is 1.04 bits per heavy atom. The van der Waals surface area contributed by atoms with Crippen LogP contribution >= 0.6 is 11.8 Å². The third-order valence-electron chi connectivity index (χ3n) is 5.84. The molecule has 5 nitrogen and oxygen atoms in total. The number of fused-ring (bicyclic) bond motifs is 2. The minimum absolute atomic E-state index is 0.0757. The molecule has 1 spiro atoms. The van der Waals surface area contributed by atoms with Crippen molar-refractivity contribution in [2.75, 3.05) is 35.3 Å². The van der Waals surface area contributed by atoms with Crippen LogP contribution in [0.1, 0.15) is 18.4 Å². The minimum Gasteiger partial charge on any atom is -0.317 e. The van der Waals surface area contributed by atoms with Crippen LogP contribution in [0.15, 0.2) is 48.5 Å². The number of amides is 2. The smallest absolute Gasteiger partial charge is 0.273 e. The molecular weight excluding hydrogens is 377 g/mol. The molecule has 0 aliphatic carbocycles. The van der Waals surface area contributed by atoms with Gasteiger partial charge in [-0.2, -0.15) is 0 Å². The quantitative estimate of drug-likeness (QED) is 0.857. The predicted molar refractivity (Wildman–Crippen MR) is 107 cm³/mol. The molecule has 0 saturated carbocycles. The van der Waals surface area contributed by atoms with Crippen molar-refractivity contribution in [3.8, 4) is 0 Å². The van der Waals surface area contributed by atoms with E-state index in [9.17, 15) is 14.0 Å². The molecule has 3 aliphatic heterocycles. The second-order valence-electron chi connectivity index (χ2n) is 7.50. The molecule has 2 fully saturated rings. The van der Waals surface area contributed by atoms with E-state index in [2.05, 4.69) is 0 Å². The molecule has 0 aromatic heterocycles. The highest BCUT2D eigenvalue weighted by Crippen LogP contribution is 2.55. The van der Waals surface area contributed by atoms with Crippen molar-refractivity contribution < 1.29 is 18.9 Å². The van der Waals surface area contributed by atoms with Crippen LogP contribution in [0.4, 0.5) is 15.8 Å². The zero-order valence-corrected chi connectivity index (χ0v) is 16.2. The number of anilines is 2. The summed E-state index contributed by atoms with van der Waals surface area (Å²) in [6.07, 6.45) is 2.36. The van der Waals surface area contributed by atoms with E-state index in [1.165, 1.54) is 41.6 Å². The summed E-state index contributed by atoms with van der Waals surface area (Å²) in [7, 11) is 0. The molecule has 2 aromatic carbocycles. The number of carbonyl (C=O) groups is 2. The Labute approximate surface area is 167 Å². The lowest BCUT2D eigenvalue weighted by molar-refractivity contribution is -0.886. The van der Waals surface area contributed by atoms with Crippen LogP contribution in [-0.4, -0.2) is 37.3 Å². The van der Waals surface area contributed by atoms with Crippen LogP contribution in [0.2, 0.25) is 0 Å². The van der Waals surface area contributed by atoms with Crippen molar-refractivity contribution in [2.24, 2.45) is 0 Å². The van der Waals surface area contributed by atoms with E-state index in [1.807, 2.05) is 29.2 Å². The van der Waals surface area contributed by atoms with Gasteiger partial charge in [-0.3, -0.25) is 19.4 Å². The lowest BCUT2D eigenvalue weighted by atomic mass is 10.0. The van der Waals surface area contributed by atoms with Crippen molar-refractivity contribution in [2.45, 2.75) is 17.7 Å². The summed E-state index contributed by atoms with van der Waals surface area (Å²) in [5.41, 5.74) is 2.27. The molecular formula is C21H21FN3O2S+. The summed E-state index contributed by atoms with van der Waals surface area (Å²) in [5, 5.41) is 0. The molecule has 3 aliphatic rings. The van der Waals surface area contributed by atoms with Crippen molar-refractivity contribution in [3.63, 3.8) is 0 Å². The van der Waals surface area contributed by atoms with Gasteiger partial charge in [0.25, 0.3) is 5.91 Å². The fourth-order valence-corrected chi connectivity index (χ4v) is 5.92. The van der Waals surface area contributed by atoms with Gasteiger partial charge >= 0.3 is 0 Å². The number of halogens is 1. The van der Waals surface area contributed by atoms with Gasteiger partial charge in [-0.15, -0.1) is 11.8 Å². The van der Waals surface area contributed by atoms with E-state index in [-0.39, 0.29) is 23.4 Å². The molecule has 2 aromatic rings. The van der Waals surface area contributed by atoms with Gasteiger partial charge in [0.15, 0.2) is 6.67 Å². The van der Waals surface area contributed by atoms with Gasteiger partial charge < -0.3 is 4.90 Å². The summed E-state index contributed by atoms with van der Waals surface area (Å²) >= 11 is 1.36. The molecule has 2 amide bonds. The number of likely N-dealkylation sites (tertiary alicyclic amines) is 1. The van der Waals surface area contributed by atoms with E-state index < -0.39 is 4.87 Å². The van der Waals surface area contributed by atoms with Gasteiger partial charge in [0.2, 0.25) is 10.8 Å². The van der Waals surface area contributed by atoms with Crippen molar-refractivity contribution >= 4 is 35.0 Å². The highest BCUT2D eigenvalue weighted by atomic mass is 32.2. The normalized spacial score (nSPS) is 24.6. The number of hydrogen-bond acceptors (Lipinski definition) is 3. The average Bonchev–Trinajstić information content (AvgIpc) is 3.39. The highest BCUT2D eigenvalue weighted by Gasteiger charge is 2.61. The fourth-order valence-electron chi connectivity index (χ4n) is 4.56. The first-order valence-electron chi connectivity index (χ1n) is 9.59. The van der Waals surface area contributed by atoms with Crippen LogP contribution in [0, 0.1) is 5.82 Å². The molecule has 28 heavy (non-hydrogen) atoms. The van der Waals surface area contributed by atoms with Gasteiger partial charge in [-0.1, -0.05) is 18.2 Å². The maximum absolute atomic E-state index is 13.8. The lowest BCUT2D eigenvalue weighted by Crippen LogP contribution is -3.11. The van der Waals surface area contributed by atoms with Crippen LogP contribution in [0.5, 0.6) is 0 Å². The largest absolute Gasteiger partial charge is 0.317 e. The van der Waals surface area contributed by atoms with Gasteiger partial charge in [0.05, 0.1) is 24.5 Å². The number of nitrogens with zero attached hydrogens (tertiary/aromatic N) is 2. The van der Waals surface area contributed by atoms with E-state index in [0.29, 0.717) is 12.4 Å². The molecule has 3 heterocycles. The lowest BCUT2D eigenvalue weighted by Gasteiger charge is -2.33. The molecule has 1 N–H and O–H groups in total. The number of nitrogens with one attached hydrogen (secondary N) is 1. The predicted octanol–water partition coefficient (Wildman–Crippen LogP) is 1.74. The number of hydrogen-bond donors (Lipinski definition) is 1. The van der Waals surface area contributed by atoms with Crippen LogP contribution in [0.25, 0.3) is 0 Å². The zero-order chi connectivity index (χ0) is 19.3. The Hall–Kier alpha value is -2.38. The summed E-state index contributed by atoms with van der Waals surface area (Å²) in [6, 6.07) is 13.6. The third-order valence-corrected chi connectivity index (χ3v) is 7.23. The number of thioether (sulfide) groups is 1. The van der Waals surface area contributed by atoms with E-state index >= 15 is 0 Å². The number of carbonyl (C=O) groups excluding carboxylic acids is 2. The Bertz CT molecular complexity index is 945. The Balaban J connectivity index is 1.62. The monoisotopic (exact) mass is 398 g/mol. The topological polar surface area (TPSA) is 45.1 Å². The molecule has 144 valence electrons. The molecule has 7 heteroatoms. The Morgan fingerprint density at radius 3 is 2.50 bits per heavy atom. The number of quaternary nitrogens is 1. The van der Waals surface area contributed by atoms with Crippen molar-refractivity contribution in [3.05, 3.63) is 59.9 Å². The standard InChI is InChI=1S/C21H20FN3O2S/c22-15-7-9-16(10-8-15)25-19(26)13-28-21(25)17-5-1-2-6-18(17)24(20(21)27)14-23-11-3-4-12-23/h1-2,5-10H,3-4,11-14H2/p+1. The Morgan fingerprint density at radius 2 is 1.75 bits per heavy atom. The second-order valence-corrected chi connectivity index (χ2v) is 8.67. The Kier molecular flexibility index (Phi) is 4.17. The molecule has 1 unspecified atom stereocenters. The van der Waals surface area contributed by atoms with Crippen LogP contribution in [0.3, 0.4) is 0 Å². The zero-order valence-electron chi connectivity index (χ0n) is 15.4. The van der Waals surface area contributed by atoms with Gasteiger partial charge in [0, 0.05) is 24.1 Å². The molecule has 5 rings (SSSR count). The summed E-state index contributed by atoms with van der Waals surface area (Å²) < 4.78 is 13.5. The number of rotatable bonds is 3. The molecule has 0 radical (unpaired) electrons. The first-order chi connectivity index (χ1) is 13.6. The van der Waals surface area contributed by atoms with Crippen molar-refractivity contribution in [1.82, 2.24) is 0 Å². The van der Waals surface area contributed by atoms with Gasteiger partial charge in [-0.25, -0.2) is 4.39 Å². The maximum atomic E-state index is 13.8. The van der Waals surface area contributed by atoms with E-state index in [1.54, 1.807) is 17.0 Å². The van der Waals surface area contributed by atoms with Gasteiger partial charge in [-0.05, 0) is 30.3 Å². The first kappa shape index (κ1) is 17.7. The van der Waals surface area contributed by atoms with Crippen molar-refractivity contribution in [1.29, 1.82) is 0 Å². The molecule has 1 atom stereocenters. The fraction of sp³-hybridized carbons (Fsp3) is 0.333. The summed E-state index contributed by atoms with van der Waals surface area (Å²) in [4.78, 5) is 30.4. The average molecular weight is 398 g/mol. The summed E-state index contributed by atoms with van der Waals surface area (Å²) in [6.45, 7) is 2.74. The van der Waals surface area contributed by atoms with Crippen LogP contribution in [-0.2, 0) is 14.5 Å². The van der Waals surface area contributed by atoms with E-state index in [0.717, 1.165) is 24.3 Å². The first-order valence-corrected chi connectivity index (χ1v) is 10.6.